The molecule has 0 atom stereocenters. The number of aryl methyl sites for hydroxylation is 1. The van der Waals surface area contributed by atoms with Crippen molar-refractivity contribution in [3.05, 3.63) is 64.7 Å². The number of aliphatic imine (C=N–C) groups is 1. The number of rotatable bonds is 6. The highest BCUT2D eigenvalue weighted by Crippen LogP contribution is 2.22. The van der Waals surface area contributed by atoms with Gasteiger partial charge in [0.05, 0.1) is 0 Å². The molecule has 0 fully saturated rings. The van der Waals surface area contributed by atoms with Crippen LogP contribution in [0.3, 0.4) is 0 Å². The molecule has 2 rings (SSSR count). The Morgan fingerprint density at radius 1 is 1.04 bits per heavy atom. The van der Waals surface area contributed by atoms with Crippen LogP contribution in [0.25, 0.3) is 0 Å². The molecule has 4 nitrogen and oxygen atoms in total. The van der Waals surface area contributed by atoms with E-state index < -0.39 is 18.2 Å². The number of hydrogen-bond donors (Lipinski definition) is 2. The molecule has 0 aromatic heterocycles. The molecule has 0 unspecified atom stereocenters. The minimum atomic E-state index is -2.93. The lowest BCUT2D eigenvalue weighted by Gasteiger charge is -2.15. The van der Waals surface area contributed by atoms with Crippen LogP contribution in [-0.4, -0.2) is 19.6 Å². The van der Waals surface area contributed by atoms with Gasteiger partial charge in [-0.15, -0.1) is 0 Å². The Bertz CT molecular complexity index is 781. The van der Waals surface area contributed by atoms with E-state index >= 15 is 0 Å². The van der Waals surface area contributed by atoms with E-state index in [1.165, 1.54) is 13.1 Å². The Hall–Kier alpha value is -2.77. The molecule has 0 saturated carbocycles. The van der Waals surface area contributed by atoms with Gasteiger partial charge < -0.3 is 15.4 Å². The maximum Gasteiger partial charge on any atom is 0.387 e. The summed E-state index contributed by atoms with van der Waals surface area (Å²) in [5.41, 5.74) is 1.55. The van der Waals surface area contributed by atoms with Crippen molar-refractivity contribution in [1.29, 1.82) is 0 Å². The summed E-state index contributed by atoms with van der Waals surface area (Å²) in [5, 5.41) is 5.77. The lowest BCUT2D eigenvalue weighted by atomic mass is 10.1. The highest BCUT2D eigenvalue weighted by Gasteiger charge is 2.11. The summed E-state index contributed by atoms with van der Waals surface area (Å²) in [4.78, 5) is 3.97. The second-order valence-electron chi connectivity index (χ2n) is 5.50. The second-order valence-corrected chi connectivity index (χ2v) is 5.50. The maximum atomic E-state index is 13.6. The first-order chi connectivity index (χ1) is 12.4. The zero-order chi connectivity index (χ0) is 19.1. The molecular formula is C18H19F4N3O. The Balaban J connectivity index is 2.01. The van der Waals surface area contributed by atoms with E-state index in [0.717, 1.165) is 23.8 Å². The quantitative estimate of drug-likeness (QED) is 0.463. The van der Waals surface area contributed by atoms with E-state index in [0.29, 0.717) is 11.5 Å². The number of guanidine groups is 1. The Morgan fingerprint density at radius 3 is 2.38 bits per heavy atom. The largest absolute Gasteiger partial charge is 0.434 e. The number of alkyl halides is 2. The molecule has 0 aliphatic rings. The van der Waals surface area contributed by atoms with E-state index in [1.54, 1.807) is 12.1 Å². The third-order valence-corrected chi connectivity index (χ3v) is 3.56. The first-order valence-electron chi connectivity index (χ1n) is 7.82. The molecule has 0 saturated heterocycles. The van der Waals surface area contributed by atoms with Crippen molar-refractivity contribution in [2.24, 2.45) is 4.99 Å². The SMILES string of the molecule is CN=C(NCc1cc(F)ccc1F)NCc1cc(C)ccc1OC(F)F. The number of nitrogens with one attached hydrogen (secondary N) is 2. The van der Waals surface area contributed by atoms with Gasteiger partial charge in [0, 0.05) is 31.3 Å². The van der Waals surface area contributed by atoms with E-state index in [2.05, 4.69) is 20.4 Å². The molecule has 0 spiro atoms. The van der Waals surface area contributed by atoms with Crippen molar-refractivity contribution < 1.29 is 22.3 Å². The van der Waals surface area contributed by atoms with Gasteiger partial charge in [-0.1, -0.05) is 17.7 Å². The van der Waals surface area contributed by atoms with Crippen molar-refractivity contribution >= 4 is 5.96 Å². The van der Waals surface area contributed by atoms with E-state index in [1.807, 2.05) is 6.92 Å². The summed E-state index contributed by atoms with van der Waals surface area (Å²) < 4.78 is 56.3. The molecule has 2 N–H and O–H groups in total. The smallest absolute Gasteiger partial charge is 0.387 e. The van der Waals surface area contributed by atoms with Crippen molar-refractivity contribution in [2.45, 2.75) is 26.6 Å². The van der Waals surface area contributed by atoms with Crippen LogP contribution >= 0.6 is 0 Å². The average Bonchev–Trinajstić information content (AvgIpc) is 2.59. The first-order valence-corrected chi connectivity index (χ1v) is 7.82. The van der Waals surface area contributed by atoms with Gasteiger partial charge in [-0.05, 0) is 31.2 Å². The summed E-state index contributed by atoms with van der Waals surface area (Å²) in [6, 6.07) is 8.02. The fourth-order valence-corrected chi connectivity index (χ4v) is 2.31. The van der Waals surface area contributed by atoms with Crippen molar-refractivity contribution in [1.82, 2.24) is 10.6 Å². The minimum absolute atomic E-state index is 0.0114. The van der Waals surface area contributed by atoms with E-state index in [4.69, 9.17) is 0 Å². The fraction of sp³-hybridized carbons (Fsp3) is 0.278. The molecular weight excluding hydrogens is 350 g/mol. The van der Waals surface area contributed by atoms with Crippen molar-refractivity contribution in [3.8, 4) is 5.75 Å². The lowest BCUT2D eigenvalue weighted by molar-refractivity contribution is -0.0504. The van der Waals surface area contributed by atoms with Crippen LogP contribution in [0.1, 0.15) is 16.7 Å². The van der Waals surface area contributed by atoms with Crippen LogP contribution < -0.4 is 15.4 Å². The van der Waals surface area contributed by atoms with Crippen LogP contribution in [0, 0.1) is 18.6 Å². The standard InChI is InChI=1S/C18H19F4N3O/c1-11-3-6-16(26-17(21)22)13(7-11)10-25-18(23-2)24-9-12-8-14(19)4-5-15(12)20/h3-8,17H,9-10H2,1-2H3,(H2,23,24,25). The molecule has 26 heavy (non-hydrogen) atoms. The second kappa shape index (κ2) is 9.07. The molecule has 0 heterocycles. The third kappa shape index (κ3) is 5.65. The number of halogens is 4. The monoisotopic (exact) mass is 369 g/mol. The minimum Gasteiger partial charge on any atom is -0.434 e. The van der Waals surface area contributed by atoms with E-state index in [9.17, 15) is 17.6 Å². The van der Waals surface area contributed by atoms with Crippen molar-refractivity contribution in [3.63, 3.8) is 0 Å². The predicted molar refractivity (Wildman–Crippen MR) is 91.2 cm³/mol. The predicted octanol–water partition coefficient (Wildman–Crippen LogP) is 3.74. The van der Waals surface area contributed by atoms with Crippen LogP contribution in [0.2, 0.25) is 0 Å². The van der Waals surface area contributed by atoms with Crippen LogP contribution in [-0.2, 0) is 13.1 Å². The van der Waals surface area contributed by atoms with Crippen LogP contribution in [0.15, 0.2) is 41.4 Å². The third-order valence-electron chi connectivity index (χ3n) is 3.56. The molecule has 0 aliphatic carbocycles. The Morgan fingerprint density at radius 2 is 1.73 bits per heavy atom. The highest BCUT2D eigenvalue weighted by atomic mass is 19.3. The van der Waals surface area contributed by atoms with Gasteiger partial charge in [-0.2, -0.15) is 8.78 Å². The van der Waals surface area contributed by atoms with Crippen LogP contribution in [0.5, 0.6) is 5.75 Å². The summed E-state index contributed by atoms with van der Waals surface area (Å²) >= 11 is 0. The van der Waals surface area contributed by atoms with Crippen LogP contribution in [0.4, 0.5) is 17.6 Å². The summed E-state index contributed by atoms with van der Waals surface area (Å²) in [6.45, 7) is -0.924. The Kier molecular flexibility index (Phi) is 6.82. The van der Waals surface area contributed by atoms with Crippen molar-refractivity contribution in [2.75, 3.05) is 7.05 Å². The Labute approximate surface area is 148 Å². The topological polar surface area (TPSA) is 45.7 Å². The summed E-state index contributed by atoms with van der Waals surface area (Å²) in [7, 11) is 1.50. The average molecular weight is 369 g/mol. The van der Waals surface area contributed by atoms with Gasteiger partial charge in [-0.25, -0.2) is 8.78 Å². The molecule has 0 aliphatic heterocycles. The fourth-order valence-electron chi connectivity index (χ4n) is 2.31. The maximum absolute atomic E-state index is 13.6. The molecule has 140 valence electrons. The van der Waals surface area contributed by atoms with E-state index in [-0.39, 0.29) is 24.4 Å². The van der Waals surface area contributed by atoms with Gasteiger partial charge in [0.1, 0.15) is 17.4 Å². The molecule has 8 heteroatoms. The first kappa shape index (κ1) is 19.6. The molecule has 0 radical (unpaired) electrons. The van der Waals surface area contributed by atoms with Gasteiger partial charge in [0.25, 0.3) is 0 Å². The van der Waals surface area contributed by atoms with Gasteiger partial charge in [-0.3, -0.25) is 4.99 Å². The number of hydrogen-bond acceptors (Lipinski definition) is 2. The van der Waals surface area contributed by atoms with Gasteiger partial charge >= 0.3 is 6.61 Å². The lowest BCUT2D eigenvalue weighted by Crippen LogP contribution is -2.36. The zero-order valence-corrected chi connectivity index (χ0v) is 14.3. The normalized spacial score (nSPS) is 11.6. The van der Waals surface area contributed by atoms with Gasteiger partial charge in [0.2, 0.25) is 0 Å². The number of ether oxygens (including phenoxy) is 1. The molecule has 0 bridgehead atoms. The summed E-state index contributed by atoms with van der Waals surface area (Å²) in [5.74, 6) is -0.719. The number of nitrogens with zero attached hydrogens (tertiary/aromatic N) is 1. The molecule has 2 aromatic rings. The summed E-state index contributed by atoms with van der Waals surface area (Å²) in [6.07, 6.45) is 0. The zero-order valence-electron chi connectivity index (χ0n) is 14.3. The van der Waals surface area contributed by atoms with Gasteiger partial charge in [0.15, 0.2) is 5.96 Å². The highest BCUT2D eigenvalue weighted by molar-refractivity contribution is 5.79. The molecule has 0 amide bonds. The molecule has 2 aromatic carbocycles. The number of benzene rings is 2.